The number of rotatable bonds is 11. The van der Waals surface area contributed by atoms with Crippen molar-refractivity contribution in [2.75, 3.05) is 38.8 Å². The van der Waals surface area contributed by atoms with Crippen molar-refractivity contribution in [1.29, 1.82) is 0 Å². The van der Waals surface area contributed by atoms with Gasteiger partial charge in [-0.2, -0.15) is 0 Å². The van der Waals surface area contributed by atoms with Crippen LogP contribution < -0.4 is 14.2 Å². The summed E-state index contributed by atoms with van der Waals surface area (Å²) in [6, 6.07) is 5.21. The van der Waals surface area contributed by atoms with E-state index in [4.69, 9.17) is 23.7 Å². The summed E-state index contributed by atoms with van der Waals surface area (Å²) in [5.41, 5.74) is 1.51. The maximum atomic E-state index is 13.8. The van der Waals surface area contributed by atoms with Crippen LogP contribution >= 0.6 is 0 Å². The summed E-state index contributed by atoms with van der Waals surface area (Å²) < 4.78 is 60.4. The molecule has 1 aromatic carbocycles. The number of sulfonamides is 1. The van der Waals surface area contributed by atoms with E-state index in [9.17, 15) is 8.42 Å². The first-order chi connectivity index (χ1) is 18.7. The lowest BCUT2D eigenvalue weighted by atomic mass is 10.2. The van der Waals surface area contributed by atoms with E-state index < -0.39 is 27.5 Å². The lowest BCUT2D eigenvalue weighted by Gasteiger charge is -2.27. The van der Waals surface area contributed by atoms with Crippen molar-refractivity contribution < 1.29 is 32.1 Å². The summed E-state index contributed by atoms with van der Waals surface area (Å²) in [6.07, 6.45) is 1.32. The Morgan fingerprint density at radius 3 is 2.33 bits per heavy atom. The molecule has 212 valence electrons. The lowest BCUT2D eigenvalue weighted by Crippen LogP contribution is -2.34. The highest BCUT2D eigenvalue weighted by Gasteiger charge is 2.36. The first kappa shape index (κ1) is 28.7. The zero-order valence-electron chi connectivity index (χ0n) is 22.8. The molecule has 0 radical (unpaired) electrons. The molecule has 2 aromatic heterocycles. The second-order valence-corrected chi connectivity index (χ2v) is 11.2. The van der Waals surface area contributed by atoms with Crippen LogP contribution in [0.15, 0.2) is 30.6 Å². The summed E-state index contributed by atoms with van der Waals surface area (Å²) in [5.74, 6) is 1.07. The van der Waals surface area contributed by atoms with Crippen LogP contribution in [0.3, 0.4) is 0 Å². The van der Waals surface area contributed by atoms with E-state index in [-0.39, 0.29) is 18.7 Å². The number of methoxy groups -OCH3 is 2. The molecule has 1 aliphatic heterocycles. The fourth-order valence-electron chi connectivity index (χ4n) is 4.13. The van der Waals surface area contributed by atoms with E-state index in [2.05, 4.69) is 24.9 Å². The second kappa shape index (κ2) is 12.2. The number of aryl methyl sites for hydroxylation is 1. The Bertz CT molecular complexity index is 1340. The van der Waals surface area contributed by atoms with Gasteiger partial charge in [-0.1, -0.05) is 6.07 Å². The van der Waals surface area contributed by atoms with Gasteiger partial charge in [-0.05, 0) is 39.8 Å². The molecular formula is C25H34N6O7S. The fraction of sp³-hybridized carbons (Fsp3) is 0.520. The second-order valence-electron chi connectivity index (χ2n) is 9.20. The maximum Gasteiger partial charge on any atom is 0.243 e. The van der Waals surface area contributed by atoms with E-state index in [0.717, 1.165) is 0 Å². The third kappa shape index (κ3) is 6.30. The van der Waals surface area contributed by atoms with Crippen molar-refractivity contribution in [3.63, 3.8) is 0 Å². The Morgan fingerprint density at radius 1 is 1.05 bits per heavy atom. The molecule has 1 saturated heterocycles. The molecule has 1 aliphatic rings. The third-order valence-corrected chi connectivity index (χ3v) is 7.77. The van der Waals surface area contributed by atoms with Gasteiger partial charge in [0.25, 0.3) is 0 Å². The molecule has 13 nitrogen and oxygen atoms in total. The molecule has 1 fully saturated rings. The number of aromatic nitrogens is 5. The van der Waals surface area contributed by atoms with Crippen LogP contribution in [0, 0.1) is 6.92 Å². The molecule has 0 saturated carbocycles. The van der Waals surface area contributed by atoms with Crippen LogP contribution in [-0.4, -0.2) is 78.5 Å². The van der Waals surface area contributed by atoms with Gasteiger partial charge < -0.3 is 23.7 Å². The van der Waals surface area contributed by atoms with Crippen molar-refractivity contribution in [2.24, 2.45) is 0 Å². The van der Waals surface area contributed by atoms with Gasteiger partial charge >= 0.3 is 0 Å². The van der Waals surface area contributed by atoms with Gasteiger partial charge in [0.05, 0.1) is 57.7 Å². The molecule has 14 heteroatoms. The molecule has 1 N–H and O–H groups in total. The van der Waals surface area contributed by atoms with E-state index in [0.29, 0.717) is 47.6 Å². The molecule has 3 atom stereocenters. The van der Waals surface area contributed by atoms with E-state index in [1.54, 1.807) is 38.2 Å². The Balaban J connectivity index is 1.79. The van der Waals surface area contributed by atoms with Gasteiger partial charge in [0.1, 0.15) is 34.6 Å². The molecule has 0 amide bonds. The standard InChI is InChI=1S/C25H34N6O7S/c1-15(2)38-23(18-13-26-16(3)12-27-18)17(4)39(32,33)30-25-29-28-24(21-14-36-10-11-37-21)31(25)22-19(34-5)8-7-9-20(22)35-6/h7-9,12-13,15,17,21,23H,10-11,14H2,1-6H3,(H,29,30)/t17-,21-,23+/m1/s1. The van der Waals surface area contributed by atoms with Crippen LogP contribution in [0.2, 0.25) is 0 Å². The van der Waals surface area contributed by atoms with Gasteiger partial charge in [0, 0.05) is 6.20 Å². The Kier molecular flexibility index (Phi) is 9.00. The first-order valence-electron chi connectivity index (χ1n) is 12.5. The molecule has 0 spiro atoms. The Hall–Kier alpha value is -3.33. The largest absolute Gasteiger partial charge is 0.494 e. The molecule has 0 bridgehead atoms. The predicted molar refractivity (Wildman–Crippen MR) is 142 cm³/mol. The zero-order valence-corrected chi connectivity index (χ0v) is 23.6. The first-order valence-corrected chi connectivity index (χ1v) is 14.0. The number of benzene rings is 1. The smallest absolute Gasteiger partial charge is 0.243 e. The normalized spacial score (nSPS) is 17.6. The fourth-order valence-corrected chi connectivity index (χ4v) is 5.23. The molecule has 3 aromatic rings. The quantitative estimate of drug-likeness (QED) is 0.368. The summed E-state index contributed by atoms with van der Waals surface area (Å²) in [7, 11) is -1.11. The number of hydrogen-bond acceptors (Lipinski definition) is 11. The molecular weight excluding hydrogens is 528 g/mol. The van der Waals surface area contributed by atoms with Gasteiger partial charge in [-0.3, -0.25) is 19.3 Å². The molecule has 0 unspecified atom stereocenters. The molecule has 4 rings (SSSR count). The highest BCUT2D eigenvalue weighted by atomic mass is 32.2. The van der Waals surface area contributed by atoms with E-state index in [1.807, 2.05) is 13.8 Å². The minimum Gasteiger partial charge on any atom is -0.494 e. The zero-order chi connectivity index (χ0) is 28.2. The number of anilines is 1. The summed E-state index contributed by atoms with van der Waals surface area (Å²) >= 11 is 0. The van der Waals surface area contributed by atoms with Gasteiger partial charge in [0.15, 0.2) is 5.82 Å². The highest BCUT2D eigenvalue weighted by molar-refractivity contribution is 7.93. The minimum atomic E-state index is -4.12. The van der Waals surface area contributed by atoms with Crippen LogP contribution in [0.4, 0.5) is 5.95 Å². The summed E-state index contributed by atoms with van der Waals surface area (Å²) in [5, 5.41) is 7.40. The topological polar surface area (TPSA) is 149 Å². The van der Waals surface area contributed by atoms with Crippen molar-refractivity contribution in [2.45, 2.75) is 51.3 Å². The minimum absolute atomic E-state index is 0.0767. The Morgan fingerprint density at radius 2 is 1.77 bits per heavy atom. The number of nitrogens with zero attached hydrogens (tertiary/aromatic N) is 5. The van der Waals surface area contributed by atoms with E-state index >= 15 is 0 Å². The van der Waals surface area contributed by atoms with Crippen molar-refractivity contribution in [3.8, 4) is 17.2 Å². The van der Waals surface area contributed by atoms with Crippen LogP contribution in [0.5, 0.6) is 11.5 Å². The molecule has 3 heterocycles. The average Bonchev–Trinajstić information content (AvgIpc) is 3.33. The monoisotopic (exact) mass is 562 g/mol. The van der Waals surface area contributed by atoms with Crippen LogP contribution in [0.25, 0.3) is 5.69 Å². The van der Waals surface area contributed by atoms with Crippen molar-refractivity contribution >= 4 is 16.0 Å². The third-order valence-electron chi connectivity index (χ3n) is 6.08. The number of ether oxygens (including phenoxy) is 5. The van der Waals surface area contributed by atoms with Gasteiger partial charge in [-0.25, -0.2) is 8.42 Å². The highest BCUT2D eigenvalue weighted by Crippen LogP contribution is 2.38. The van der Waals surface area contributed by atoms with Gasteiger partial charge in [0.2, 0.25) is 16.0 Å². The average molecular weight is 563 g/mol. The maximum absolute atomic E-state index is 13.8. The predicted octanol–water partition coefficient (Wildman–Crippen LogP) is 2.77. The van der Waals surface area contributed by atoms with Crippen LogP contribution in [0.1, 0.15) is 50.2 Å². The summed E-state index contributed by atoms with van der Waals surface area (Å²) in [4.78, 5) is 8.64. The molecule has 0 aliphatic carbocycles. The summed E-state index contributed by atoms with van der Waals surface area (Å²) in [6.45, 7) is 8.00. The lowest BCUT2D eigenvalue weighted by molar-refractivity contribution is -0.0941. The number of nitrogens with one attached hydrogen (secondary N) is 1. The van der Waals surface area contributed by atoms with Crippen LogP contribution in [-0.2, 0) is 24.2 Å². The number of para-hydroxylation sites is 1. The number of hydrogen-bond donors (Lipinski definition) is 1. The SMILES string of the molecule is COc1cccc(OC)c1-n1c(NS(=O)(=O)[C@H](C)[C@H](OC(C)C)c2cnc(C)cn2)nnc1[C@H]1COCCO1. The van der Waals surface area contributed by atoms with Crippen molar-refractivity contribution in [3.05, 3.63) is 47.8 Å². The molecule has 39 heavy (non-hydrogen) atoms. The van der Waals surface area contributed by atoms with Crippen molar-refractivity contribution in [1.82, 2.24) is 24.7 Å². The van der Waals surface area contributed by atoms with E-state index in [1.165, 1.54) is 25.0 Å². The Labute approximate surface area is 227 Å². The van der Waals surface area contributed by atoms with Gasteiger partial charge in [-0.15, -0.1) is 10.2 Å².